The van der Waals surface area contributed by atoms with Crippen molar-refractivity contribution in [2.45, 2.75) is 121 Å². The molecule has 0 aliphatic carbocycles. The summed E-state index contributed by atoms with van der Waals surface area (Å²) in [6, 6.07) is 4.07. The van der Waals surface area contributed by atoms with Crippen LogP contribution in [0.15, 0.2) is 29.7 Å². The van der Waals surface area contributed by atoms with Crippen LogP contribution in [0.5, 0.6) is 0 Å². The molecule has 0 amide bonds. The summed E-state index contributed by atoms with van der Waals surface area (Å²) in [7, 11) is 0. The Kier molecular flexibility index (Phi) is 12.8. The van der Waals surface area contributed by atoms with Crippen molar-refractivity contribution in [1.82, 2.24) is 19.7 Å². The molecule has 0 aromatic carbocycles. The highest BCUT2D eigenvalue weighted by molar-refractivity contribution is 7.99. The van der Waals surface area contributed by atoms with Crippen LogP contribution in [0.2, 0.25) is 0 Å². The van der Waals surface area contributed by atoms with Crippen molar-refractivity contribution in [3.63, 3.8) is 0 Å². The lowest BCUT2D eigenvalue weighted by molar-refractivity contribution is 0.553. The summed E-state index contributed by atoms with van der Waals surface area (Å²) in [5.74, 6) is 0.982. The summed E-state index contributed by atoms with van der Waals surface area (Å²) in [5, 5.41) is 10.8. The molecule has 4 nitrogen and oxygen atoms in total. The third-order valence-corrected chi connectivity index (χ3v) is 6.81. The summed E-state index contributed by atoms with van der Waals surface area (Å²) < 4.78 is 2.33. The number of aromatic nitrogens is 4. The Morgan fingerprint density at radius 1 is 0.800 bits per heavy atom. The molecule has 0 fully saturated rings. The van der Waals surface area contributed by atoms with Crippen LogP contribution in [0.3, 0.4) is 0 Å². The van der Waals surface area contributed by atoms with Gasteiger partial charge in [-0.2, -0.15) is 0 Å². The van der Waals surface area contributed by atoms with E-state index in [-0.39, 0.29) is 0 Å². The van der Waals surface area contributed by atoms with E-state index in [1.54, 1.807) is 0 Å². The van der Waals surface area contributed by atoms with Gasteiger partial charge in [0.05, 0.1) is 0 Å². The maximum Gasteiger partial charge on any atom is 0.191 e. The molecule has 0 spiro atoms. The van der Waals surface area contributed by atoms with Gasteiger partial charge in [-0.15, -0.1) is 10.2 Å². The summed E-state index contributed by atoms with van der Waals surface area (Å²) >= 11 is 1.90. The van der Waals surface area contributed by atoms with Gasteiger partial charge in [-0.1, -0.05) is 103 Å². The molecule has 168 valence electrons. The third-order valence-electron chi connectivity index (χ3n) is 5.66. The van der Waals surface area contributed by atoms with Crippen LogP contribution >= 0.6 is 11.8 Å². The second-order valence-corrected chi connectivity index (χ2v) is 9.85. The van der Waals surface area contributed by atoms with Crippen LogP contribution in [0.25, 0.3) is 11.4 Å². The Bertz CT molecular complexity index is 671. The molecule has 0 saturated heterocycles. The number of pyridine rings is 1. The topological polar surface area (TPSA) is 43.6 Å². The van der Waals surface area contributed by atoms with E-state index in [9.17, 15) is 0 Å². The van der Waals surface area contributed by atoms with Crippen LogP contribution in [0.1, 0.15) is 104 Å². The van der Waals surface area contributed by atoms with E-state index in [0.717, 1.165) is 23.1 Å². The van der Waals surface area contributed by atoms with Crippen LogP contribution in [0, 0.1) is 0 Å². The summed E-state index contributed by atoms with van der Waals surface area (Å²) in [6.45, 7) is 7.88. The molecule has 2 aromatic rings. The molecule has 2 aromatic heterocycles. The number of nitrogens with zero attached hydrogens (tertiary/aromatic N) is 4. The zero-order valence-electron chi connectivity index (χ0n) is 19.5. The molecule has 0 radical (unpaired) electrons. The Morgan fingerprint density at radius 3 is 2.07 bits per heavy atom. The molecule has 1 unspecified atom stereocenters. The van der Waals surface area contributed by atoms with Crippen molar-refractivity contribution in [2.75, 3.05) is 0 Å². The molecular weight excluding hydrogens is 388 g/mol. The first-order chi connectivity index (χ1) is 14.8. The van der Waals surface area contributed by atoms with E-state index in [4.69, 9.17) is 0 Å². The lowest BCUT2D eigenvalue weighted by Gasteiger charge is -2.13. The monoisotopic (exact) mass is 430 g/mol. The Hall–Kier alpha value is -1.36. The molecule has 0 N–H and O–H groups in total. The predicted octanol–water partition coefficient (Wildman–Crippen LogP) is 7.93. The lowest BCUT2D eigenvalue weighted by atomic mass is 10.1. The normalized spacial score (nSPS) is 12.4. The van der Waals surface area contributed by atoms with Gasteiger partial charge in [-0.3, -0.25) is 4.98 Å². The Morgan fingerprint density at radius 2 is 1.40 bits per heavy atom. The van der Waals surface area contributed by atoms with Crippen molar-refractivity contribution in [3.05, 3.63) is 24.5 Å². The summed E-state index contributed by atoms with van der Waals surface area (Å²) in [4.78, 5) is 4.15. The van der Waals surface area contributed by atoms with Gasteiger partial charge in [0.2, 0.25) is 0 Å². The van der Waals surface area contributed by atoms with Gasteiger partial charge < -0.3 is 4.57 Å². The van der Waals surface area contributed by atoms with Crippen molar-refractivity contribution in [1.29, 1.82) is 0 Å². The molecule has 5 heteroatoms. The van der Waals surface area contributed by atoms with Gasteiger partial charge in [0, 0.05) is 29.8 Å². The van der Waals surface area contributed by atoms with Crippen molar-refractivity contribution in [3.8, 4) is 11.4 Å². The minimum Gasteiger partial charge on any atom is -0.302 e. The van der Waals surface area contributed by atoms with Gasteiger partial charge >= 0.3 is 0 Å². The first-order valence-corrected chi connectivity index (χ1v) is 13.1. The van der Waals surface area contributed by atoms with Crippen LogP contribution < -0.4 is 0 Å². The predicted molar refractivity (Wildman–Crippen MR) is 130 cm³/mol. The molecule has 0 aliphatic rings. The maximum absolute atomic E-state index is 4.57. The second-order valence-electron chi connectivity index (χ2n) is 8.45. The molecule has 2 heterocycles. The van der Waals surface area contributed by atoms with E-state index in [2.05, 4.69) is 40.5 Å². The summed E-state index contributed by atoms with van der Waals surface area (Å²) in [5.41, 5.74) is 1.11. The van der Waals surface area contributed by atoms with Gasteiger partial charge in [-0.05, 0) is 25.0 Å². The average molecular weight is 431 g/mol. The van der Waals surface area contributed by atoms with Crippen molar-refractivity contribution < 1.29 is 0 Å². The maximum atomic E-state index is 4.57. The fourth-order valence-electron chi connectivity index (χ4n) is 3.79. The molecule has 1 atom stereocenters. The Balaban J connectivity index is 1.85. The Labute approximate surface area is 188 Å². The van der Waals surface area contributed by atoms with E-state index in [0.29, 0.717) is 5.25 Å². The van der Waals surface area contributed by atoms with Gasteiger partial charge in [0.25, 0.3) is 0 Å². The largest absolute Gasteiger partial charge is 0.302 e. The first-order valence-electron chi connectivity index (χ1n) is 12.3. The number of hydrogen-bond donors (Lipinski definition) is 0. The number of rotatable bonds is 17. The SMILES string of the molecule is CCCCCCCCCCC(C)Sc1nnc(-c2ccncc2)n1CCCCCC. The number of unbranched alkanes of at least 4 members (excludes halogenated alkanes) is 10. The lowest BCUT2D eigenvalue weighted by Crippen LogP contribution is -2.05. The highest BCUT2D eigenvalue weighted by Crippen LogP contribution is 2.29. The molecule has 0 saturated carbocycles. The van der Waals surface area contributed by atoms with Crippen molar-refractivity contribution in [2.24, 2.45) is 0 Å². The van der Waals surface area contributed by atoms with Gasteiger partial charge in [0.1, 0.15) is 0 Å². The smallest absolute Gasteiger partial charge is 0.191 e. The highest BCUT2D eigenvalue weighted by atomic mass is 32.2. The number of hydrogen-bond acceptors (Lipinski definition) is 4. The zero-order valence-corrected chi connectivity index (χ0v) is 20.3. The first kappa shape index (κ1) is 24.9. The van der Waals surface area contributed by atoms with E-state index >= 15 is 0 Å². The van der Waals surface area contributed by atoms with Crippen LogP contribution in [-0.4, -0.2) is 25.0 Å². The molecule has 2 rings (SSSR count). The van der Waals surface area contributed by atoms with E-state index < -0.39 is 0 Å². The standard InChI is InChI=1S/C25H42N4S/c1-4-6-8-10-11-12-13-14-16-22(3)30-25-28-27-24(23-17-19-26-20-18-23)29(25)21-15-9-7-5-2/h17-20,22H,4-16,21H2,1-3H3. The zero-order chi connectivity index (χ0) is 21.4. The average Bonchev–Trinajstić information content (AvgIpc) is 3.16. The van der Waals surface area contributed by atoms with Crippen LogP contribution in [0.4, 0.5) is 0 Å². The fraction of sp³-hybridized carbons (Fsp3) is 0.720. The molecular formula is C25H42N4S. The van der Waals surface area contributed by atoms with Crippen molar-refractivity contribution >= 4 is 11.8 Å². The second kappa shape index (κ2) is 15.4. The minimum absolute atomic E-state index is 0.578. The number of thioether (sulfide) groups is 1. The third kappa shape index (κ3) is 9.20. The quantitative estimate of drug-likeness (QED) is 0.189. The fourth-order valence-corrected chi connectivity index (χ4v) is 4.83. The molecule has 0 bridgehead atoms. The minimum atomic E-state index is 0.578. The van der Waals surface area contributed by atoms with Crippen LogP contribution in [-0.2, 0) is 6.54 Å². The molecule has 30 heavy (non-hydrogen) atoms. The van der Waals surface area contributed by atoms with Gasteiger partial charge in [-0.25, -0.2) is 0 Å². The highest BCUT2D eigenvalue weighted by Gasteiger charge is 2.16. The van der Waals surface area contributed by atoms with Gasteiger partial charge in [0.15, 0.2) is 11.0 Å². The van der Waals surface area contributed by atoms with E-state index in [1.165, 1.54) is 83.5 Å². The molecule has 0 aliphatic heterocycles. The van der Waals surface area contributed by atoms with E-state index in [1.807, 2.05) is 36.3 Å². The summed E-state index contributed by atoms with van der Waals surface area (Å²) in [6.07, 6.45) is 21.0.